The average molecular weight is 305 g/mol. The van der Waals surface area contributed by atoms with Crippen LogP contribution in [0.25, 0.3) is 0 Å². The first kappa shape index (κ1) is 13.8. The van der Waals surface area contributed by atoms with Crippen molar-refractivity contribution in [2.24, 2.45) is 5.41 Å². The van der Waals surface area contributed by atoms with E-state index >= 15 is 0 Å². The highest BCUT2D eigenvalue weighted by Gasteiger charge is 2.55. The second kappa shape index (κ2) is 5.18. The molecule has 2 atom stereocenters. The molecule has 0 radical (unpaired) electrons. The zero-order chi connectivity index (χ0) is 12.5. The summed E-state index contributed by atoms with van der Waals surface area (Å²) in [6, 6.07) is 0. The predicted octanol–water partition coefficient (Wildman–Crippen LogP) is 3.91. The first-order chi connectivity index (χ1) is 8.00. The summed E-state index contributed by atoms with van der Waals surface area (Å²) in [6.45, 7) is 5.07. The van der Waals surface area contributed by atoms with Crippen LogP contribution < -0.4 is 0 Å². The van der Waals surface area contributed by atoms with E-state index in [9.17, 15) is 0 Å². The van der Waals surface area contributed by atoms with Gasteiger partial charge in [-0.25, -0.2) is 0 Å². The highest BCUT2D eigenvalue weighted by Crippen LogP contribution is 2.57. The van der Waals surface area contributed by atoms with Crippen molar-refractivity contribution in [2.75, 3.05) is 13.7 Å². The molecule has 3 heteroatoms. The molecule has 2 fully saturated rings. The van der Waals surface area contributed by atoms with Gasteiger partial charge in [-0.05, 0) is 39.5 Å². The Morgan fingerprint density at radius 3 is 2.47 bits per heavy atom. The van der Waals surface area contributed by atoms with Crippen LogP contribution >= 0.6 is 15.9 Å². The molecule has 0 aromatic rings. The van der Waals surface area contributed by atoms with E-state index in [-0.39, 0.29) is 5.60 Å². The van der Waals surface area contributed by atoms with Gasteiger partial charge in [0.1, 0.15) is 0 Å². The first-order valence-electron chi connectivity index (χ1n) is 6.81. The lowest BCUT2D eigenvalue weighted by Gasteiger charge is -2.51. The molecule has 1 spiro atoms. The van der Waals surface area contributed by atoms with Gasteiger partial charge in [-0.15, -0.1) is 0 Å². The Morgan fingerprint density at radius 1 is 1.29 bits per heavy atom. The molecule has 0 saturated heterocycles. The lowest BCUT2D eigenvalue weighted by atomic mass is 9.64. The minimum absolute atomic E-state index is 0.0552. The van der Waals surface area contributed by atoms with Crippen LogP contribution in [0.5, 0.6) is 0 Å². The van der Waals surface area contributed by atoms with Gasteiger partial charge in [0.15, 0.2) is 0 Å². The maximum Gasteiger partial charge on any atom is 0.0652 e. The van der Waals surface area contributed by atoms with Crippen molar-refractivity contribution >= 4 is 15.9 Å². The standard InChI is InChI=1S/C14H25BrO2/c1-13(2,16-3)8-9-17-12-10-11(15)14(12)6-4-5-7-14/h11-12H,4-10H2,1-3H3. The summed E-state index contributed by atoms with van der Waals surface area (Å²) in [5, 5.41) is 0. The molecular weight excluding hydrogens is 280 g/mol. The molecule has 0 amide bonds. The fourth-order valence-electron chi connectivity index (χ4n) is 3.15. The van der Waals surface area contributed by atoms with Crippen LogP contribution in [0.3, 0.4) is 0 Å². The van der Waals surface area contributed by atoms with Crippen LogP contribution in [-0.4, -0.2) is 30.2 Å². The summed E-state index contributed by atoms with van der Waals surface area (Å²) in [4.78, 5) is 0.693. The number of methoxy groups -OCH3 is 1. The van der Waals surface area contributed by atoms with E-state index < -0.39 is 0 Å². The zero-order valence-electron chi connectivity index (χ0n) is 11.3. The highest BCUT2D eigenvalue weighted by molar-refractivity contribution is 9.09. The van der Waals surface area contributed by atoms with Crippen molar-refractivity contribution in [3.63, 3.8) is 0 Å². The third-order valence-electron chi connectivity index (χ3n) is 4.80. The van der Waals surface area contributed by atoms with Gasteiger partial charge in [0, 0.05) is 24.0 Å². The average Bonchev–Trinajstić information content (AvgIpc) is 2.80. The Morgan fingerprint density at radius 2 is 1.94 bits per heavy atom. The monoisotopic (exact) mass is 304 g/mol. The van der Waals surface area contributed by atoms with Crippen molar-refractivity contribution in [3.05, 3.63) is 0 Å². The Labute approximate surface area is 114 Å². The Balaban J connectivity index is 1.77. The van der Waals surface area contributed by atoms with E-state index in [4.69, 9.17) is 9.47 Å². The number of ether oxygens (including phenoxy) is 2. The third kappa shape index (κ3) is 2.71. The summed E-state index contributed by atoms with van der Waals surface area (Å²) >= 11 is 3.82. The van der Waals surface area contributed by atoms with Crippen LogP contribution in [-0.2, 0) is 9.47 Å². The minimum Gasteiger partial charge on any atom is -0.379 e. The second-order valence-electron chi connectivity index (χ2n) is 6.22. The summed E-state index contributed by atoms with van der Waals surface area (Å²) in [5.41, 5.74) is 0.414. The van der Waals surface area contributed by atoms with Gasteiger partial charge in [0.25, 0.3) is 0 Å². The molecule has 100 valence electrons. The van der Waals surface area contributed by atoms with Gasteiger partial charge >= 0.3 is 0 Å². The Bertz CT molecular complexity index is 259. The maximum atomic E-state index is 6.11. The molecule has 2 aliphatic carbocycles. The van der Waals surface area contributed by atoms with E-state index in [2.05, 4.69) is 29.8 Å². The lowest BCUT2D eigenvalue weighted by Crippen LogP contribution is -2.54. The Kier molecular flexibility index (Phi) is 4.21. The molecular formula is C14H25BrO2. The summed E-state index contributed by atoms with van der Waals surface area (Å²) in [5.74, 6) is 0. The molecule has 0 heterocycles. The highest BCUT2D eigenvalue weighted by atomic mass is 79.9. The fourth-order valence-corrected chi connectivity index (χ4v) is 4.24. The maximum absolute atomic E-state index is 6.11. The Hall–Kier alpha value is 0.400. The lowest BCUT2D eigenvalue weighted by molar-refractivity contribution is -0.114. The van der Waals surface area contributed by atoms with Crippen LogP contribution in [0.4, 0.5) is 0 Å². The van der Waals surface area contributed by atoms with Crippen molar-refractivity contribution < 1.29 is 9.47 Å². The fraction of sp³-hybridized carbons (Fsp3) is 1.00. The molecule has 0 aromatic heterocycles. The number of rotatable bonds is 5. The van der Waals surface area contributed by atoms with Gasteiger partial charge in [-0.2, -0.15) is 0 Å². The molecule has 0 aliphatic heterocycles. The van der Waals surface area contributed by atoms with E-state index in [1.807, 2.05) is 0 Å². The number of alkyl halides is 1. The molecule has 2 unspecified atom stereocenters. The topological polar surface area (TPSA) is 18.5 Å². The quantitative estimate of drug-likeness (QED) is 0.717. The van der Waals surface area contributed by atoms with Crippen molar-refractivity contribution in [1.82, 2.24) is 0 Å². The molecule has 2 saturated carbocycles. The first-order valence-corrected chi connectivity index (χ1v) is 7.73. The normalized spacial score (nSPS) is 31.8. The van der Waals surface area contributed by atoms with Crippen LogP contribution in [0, 0.1) is 5.41 Å². The van der Waals surface area contributed by atoms with E-state index in [1.165, 1.54) is 32.1 Å². The van der Waals surface area contributed by atoms with E-state index in [0.29, 0.717) is 16.3 Å². The van der Waals surface area contributed by atoms with E-state index in [1.54, 1.807) is 7.11 Å². The summed E-state index contributed by atoms with van der Waals surface area (Å²) < 4.78 is 11.5. The minimum atomic E-state index is -0.0552. The smallest absolute Gasteiger partial charge is 0.0652 e. The zero-order valence-corrected chi connectivity index (χ0v) is 12.9. The number of halogens is 1. The number of hydrogen-bond acceptors (Lipinski definition) is 2. The van der Waals surface area contributed by atoms with Gasteiger partial charge in [0.2, 0.25) is 0 Å². The molecule has 0 aromatic carbocycles. The van der Waals surface area contributed by atoms with Crippen molar-refractivity contribution in [3.8, 4) is 0 Å². The van der Waals surface area contributed by atoms with Crippen LogP contribution in [0.15, 0.2) is 0 Å². The van der Waals surface area contributed by atoms with Crippen LogP contribution in [0.2, 0.25) is 0 Å². The van der Waals surface area contributed by atoms with Crippen molar-refractivity contribution in [2.45, 2.75) is 68.9 Å². The number of hydrogen-bond donors (Lipinski definition) is 0. The predicted molar refractivity (Wildman–Crippen MR) is 73.7 cm³/mol. The molecule has 2 nitrogen and oxygen atoms in total. The SMILES string of the molecule is COC(C)(C)CCOC1CC(Br)C12CCCC2. The second-order valence-corrected chi connectivity index (χ2v) is 7.32. The molecule has 17 heavy (non-hydrogen) atoms. The van der Waals surface area contributed by atoms with Gasteiger partial charge < -0.3 is 9.47 Å². The third-order valence-corrected chi connectivity index (χ3v) is 6.08. The summed E-state index contributed by atoms with van der Waals surface area (Å²) in [7, 11) is 1.77. The van der Waals surface area contributed by atoms with Gasteiger partial charge in [-0.1, -0.05) is 28.8 Å². The molecule has 2 aliphatic rings. The molecule has 0 bridgehead atoms. The molecule has 2 rings (SSSR count). The van der Waals surface area contributed by atoms with E-state index in [0.717, 1.165) is 13.0 Å². The van der Waals surface area contributed by atoms with Gasteiger partial charge in [0.05, 0.1) is 11.7 Å². The van der Waals surface area contributed by atoms with Crippen LogP contribution in [0.1, 0.15) is 52.4 Å². The summed E-state index contributed by atoms with van der Waals surface area (Å²) in [6.07, 6.45) is 8.11. The molecule has 0 N–H and O–H groups in total. The van der Waals surface area contributed by atoms with Gasteiger partial charge in [-0.3, -0.25) is 0 Å². The van der Waals surface area contributed by atoms with Crippen molar-refractivity contribution in [1.29, 1.82) is 0 Å². The largest absolute Gasteiger partial charge is 0.379 e.